The Kier molecular flexibility index (Phi) is 7.01. The van der Waals surface area contributed by atoms with Gasteiger partial charge in [-0.15, -0.1) is 9.05 Å². The molecular formula is C22H23FN11O8P2S+. The first-order chi connectivity index (χ1) is 21.7. The third-order valence-electron chi connectivity index (χ3n) is 8.32. The summed E-state index contributed by atoms with van der Waals surface area (Å²) < 4.78 is 61.4. The number of nitrogens with two attached hydrogens (primary N) is 1. The molecule has 3 aliphatic rings. The molecule has 9 atom stereocenters. The molecule has 5 aromatic heterocycles. The van der Waals surface area contributed by atoms with Crippen LogP contribution in [-0.2, 0) is 39.2 Å². The summed E-state index contributed by atoms with van der Waals surface area (Å²) >= 11 is 5.27. The minimum absolute atomic E-state index is 0.0422. The molecule has 0 spiro atoms. The fraction of sp³-hybridized carbons (Fsp3) is 0.500. The van der Waals surface area contributed by atoms with Gasteiger partial charge in [0.2, 0.25) is 5.78 Å². The van der Waals surface area contributed by atoms with E-state index in [1.165, 1.54) is 34.3 Å². The van der Waals surface area contributed by atoms with Gasteiger partial charge >= 0.3 is 15.0 Å². The topological polar surface area (TPSA) is 234 Å². The molecule has 0 bridgehead atoms. The van der Waals surface area contributed by atoms with Crippen molar-refractivity contribution < 1.29 is 36.7 Å². The van der Waals surface area contributed by atoms with E-state index in [0.717, 1.165) is 0 Å². The predicted octanol–water partition coefficient (Wildman–Crippen LogP) is 0.925. The number of H-pyrrole nitrogens is 1. The Labute approximate surface area is 256 Å². The van der Waals surface area contributed by atoms with Crippen molar-refractivity contribution in [1.29, 1.82) is 0 Å². The minimum Gasteiger partial charge on any atom is -0.382 e. The number of hydrogen-bond donors (Lipinski definition) is 3. The molecule has 1 aliphatic carbocycles. The van der Waals surface area contributed by atoms with Crippen molar-refractivity contribution in [2.24, 2.45) is 11.8 Å². The summed E-state index contributed by atoms with van der Waals surface area (Å²) in [4.78, 5) is 44.7. The highest BCUT2D eigenvalue weighted by Crippen LogP contribution is 2.53. The van der Waals surface area contributed by atoms with E-state index in [9.17, 15) is 14.3 Å². The van der Waals surface area contributed by atoms with E-state index in [4.69, 9.17) is 40.4 Å². The van der Waals surface area contributed by atoms with Gasteiger partial charge in [-0.2, -0.15) is 10.1 Å². The summed E-state index contributed by atoms with van der Waals surface area (Å²) in [7, 11) is -2.68. The molecule has 4 N–H and O–H groups in total. The largest absolute Gasteiger partial charge is 0.697 e. The average Bonchev–Trinajstić information content (AvgIpc) is 3.79. The average molecular weight is 683 g/mol. The molecule has 0 radical (unpaired) electrons. The first kappa shape index (κ1) is 29.0. The molecule has 2 saturated heterocycles. The maximum Gasteiger partial charge on any atom is 0.697 e. The van der Waals surface area contributed by atoms with E-state index < -0.39 is 46.2 Å². The molecule has 7 heterocycles. The number of halogens is 1. The number of nitrogen functional groups attached to an aromatic ring is 1. The normalized spacial score (nSPS) is 33.7. The monoisotopic (exact) mass is 682 g/mol. The standard InChI is InChI=1S/C22H22FN11O8P2S/c23-13-16-12(41-21(13)33-7-27-14-17(24)25-5-26-18(14)33)4-39-43(36)38-3-10-9(2-40-44(37,45)42-16)1-11(10)32-6-28-15-19(32)30-22-31-29-8-34(22)20(15)35/h5-13,16,21H,1-4H2,(H3-,24,25,26,30,31,35,37,45)/p+1. The van der Waals surface area contributed by atoms with Crippen molar-refractivity contribution >= 4 is 60.7 Å². The fourth-order valence-electron chi connectivity index (χ4n) is 6.02. The highest BCUT2D eigenvalue weighted by molar-refractivity contribution is 8.07. The highest BCUT2D eigenvalue weighted by atomic mass is 32.5. The van der Waals surface area contributed by atoms with Crippen LogP contribution in [0.15, 0.2) is 30.1 Å². The zero-order valence-electron chi connectivity index (χ0n) is 22.8. The van der Waals surface area contributed by atoms with Gasteiger partial charge in [0.25, 0.3) is 5.56 Å². The number of aromatic amines is 1. The third kappa shape index (κ3) is 4.86. The van der Waals surface area contributed by atoms with Gasteiger partial charge in [0.05, 0.1) is 19.3 Å². The van der Waals surface area contributed by atoms with Gasteiger partial charge in [0, 0.05) is 16.5 Å². The quantitative estimate of drug-likeness (QED) is 0.220. The maximum absolute atomic E-state index is 16.0. The number of fused-ring (bicyclic) bond motifs is 5. The van der Waals surface area contributed by atoms with Crippen molar-refractivity contribution in [3.05, 3.63) is 35.7 Å². The van der Waals surface area contributed by atoms with Crippen LogP contribution in [0.3, 0.4) is 0 Å². The van der Waals surface area contributed by atoms with Gasteiger partial charge in [-0.25, -0.2) is 33.8 Å². The summed E-state index contributed by atoms with van der Waals surface area (Å²) in [6, 6.07) is -0.284. The second-order valence-corrected chi connectivity index (χ2v) is 14.5. The predicted molar refractivity (Wildman–Crippen MR) is 153 cm³/mol. The second kappa shape index (κ2) is 10.9. The molecule has 9 unspecified atom stereocenters. The molecule has 0 aromatic carbocycles. The molecule has 19 nitrogen and oxygen atoms in total. The van der Waals surface area contributed by atoms with E-state index in [-0.39, 0.29) is 64.9 Å². The molecule has 8 rings (SSSR count). The first-order valence-corrected chi connectivity index (χ1v) is 17.3. The summed E-state index contributed by atoms with van der Waals surface area (Å²) in [5.41, 5.74) is 6.42. The lowest BCUT2D eigenvalue weighted by molar-refractivity contribution is -0.0409. The SMILES string of the molecule is Nc1ncnc2c1ncn2C1OC2CO[P+](=O)OCC3C(COP(O)(=S)OC2C1F)CC3n1cnc2c(=O)n3cn[nH]c3nc21. The molecule has 1 saturated carbocycles. The number of ether oxygens (including phenoxy) is 1. The molecule has 23 heteroatoms. The molecule has 3 fully saturated rings. The Morgan fingerprint density at radius 1 is 1.09 bits per heavy atom. The summed E-state index contributed by atoms with van der Waals surface area (Å²) in [6.07, 6.45) is -0.0525. The first-order valence-electron chi connectivity index (χ1n) is 13.6. The van der Waals surface area contributed by atoms with Crippen LogP contribution in [-0.4, -0.2) is 91.7 Å². The number of anilines is 1. The Bertz CT molecular complexity index is 2070. The summed E-state index contributed by atoms with van der Waals surface area (Å²) in [5, 5.41) is 6.52. The molecule has 45 heavy (non-hydrogen) atoms. The van der Waals surface area contributed by atoms with Gasteiger partial charge < -0.3 is 24.5 Å². The summed E-state index contributed by atoms with van der Waals surface area (Å²) in [5.74, 6) is -0.241. The number of hydrogen-bond acceptors (Lipinski definition) is 15. The van der Waals surface area contributed by atoms with Gasteiger partial charge in [-0.05, 0) is 24.1 Å². The van der Waals surface area contributed by atoms with Gasteiger partial charge in [0.15, 0.2) is 35.0 Å². The lowest BCUT2D eigenvalue weighted by Gasteiger charge is -2.44. The highest BCUT2D eigenvalue weighted by Gasteiger charge is 2.52. The molecule has 5 aromatic rings. The van der Waals surface area contributed by atoms with Crippen LogP contribution in [0.2, 0.25) is 0 Å². The number of rotatable bonds is 2. The van der Waals surface area contributed by atoms with Crippen LogP contribution >= 0.6 is 15.0 Å². The Morgan fingerprint density at radius 3 is 2.76 bits per heavy atom. The van der Waals surface area contributed by atoms with E-state index in [1.54, 1.807) is 4.57 Å². The van der Waals surface area contributed by atoms with Gasteiger partial charge in [-0.3, -0.25) is 13.9 Å². The van der Waals surface area contributed by atoms with Gasteiger partial charge in [0.1, 0.15) is 43.6 Å². The third-order valence-corrected chi connectivity index (χ3v) is 10.6. The Hall–Kier alpha value is -3.39. The smallest absolute Gasteiger partial charge is 0.382 e. The van der Waals surface area contributed by atoms with Crippen LogP contribution in [0.25, 0.3) is 28.1 Å². The fourth-order valence-corrected chi connectivity index (χ4v) is 8.14. The Morgan fingerprint density at radius 2 is 1.89 bits per heavy atom. The van der Waals surface area contributed by atoms with Gasteiger partial charge in [-0.1, -0.05) is 0 Å². The van der Waals surface area contributed by atoms with E-state index in [0.29, 0.717) is 12.1 Å². The molecule has 236 valence electrons. The summed E-state index contributed by atoms with van der Waals surface area (Å²) in [6.45, 7) is -4.55. The van der Waals surface area contributed by atoms with Crippen LogP contribution in [0.4, 0.5) is 10.2 Å². The van der Waals surface area contributed by atoms with Crippen molar-refractivity contribution in [3.8, 4) is 0 Å². The van der Waals surface area contributed by atoms with E-state index >= 15 is 4.39 Å². The number of nitrogens with zero attached hydrogens (tertiary/aromatic N) is 9. The van der Waals surface area contributed by atoms with Crippen LogP contribution in [0, 0.1) is 11.8 Å². The van der Waals surface area contributed by atoms with E-state index in [2.05, 4.69) is 35.1 Å². The molecular weight excluding hydrogens is 659 g/mol. The number of aromatic nitrogens is 10. The van der Waals surface area contributed by atoms with Crippen molar-refractivity contribution in [2.75, 3.05) is 25.6 Å². The van der Waals surface area contributed by atoms with Crippen molar-refractivity contribution in [3.63, 3.8) is 0 Å². The number of imidazole rings is 2. The zero-order valence-corrected chi connectivity index (χ0v) is 25.4. The zero-order chi connectivity index (χ0) is 31.0. The lowest BCUT2D eigenvalue weighted by Crippen LogP contribution is -2.43. The molecule has 0 amide bonds. The minimum atomic E-state index is -4.02. The van der Waals surface area contributed by atoms with Crippen LogP contribution in [0.1, 0.15) is 18.7 Å². The number of alkyl halides is 1. The second-order valence-electron chi connectivity index (χ2n) is 10.8. The Balaban J connectivity index is 1.04. The van der Waals surface area contributed by atoms with Crippen molar-refractivity contribution in [1.82, 2.24) is 48.7 Å². The van der Waals surface area contributed by atoms with E-state index in [1.807, 2.05) is 0 Å². The van der Waals surface area contributed by atoms with Crippen LogP contribution < -0.4 is 11.3 Å². The maximum atomic E-state index is 16.0. The van der Waals surface area contributed by atoms with Crippen LogP contribution in [0.5, 0.6) is 0 Å². The number of nitrogens with one attached hydrogen (secondary N) is 1. The lowest BCUT2D eigenvalue weighted by atomic mass is 9.70. The molecule has 2 aliphatic heterocycles. The van der Waals surface area contributed by atoms with Crippen molar-refractivity contribution in [2.45, 2.75) is 37.1 Å².